The largest absolute Gasteiger partial charge is 0.389 e. The Balaban J connectivity index is 4.36. The zero-order valence-electron chi connectivity index (χ0n) is 9.03. The highest BCUT2D eigenvalue weighted by Gasteiger charge is 2.20. The van der Waals surface area contributed by atoms with Gasteiger partial charge in [0.15, 0.2) is 0 Å². The molecule has 3 heteroatoms. The summed E-state index contributed by atoms with van der Waals surface area (Å²) in [4.78, 5) is 0. The minimum atomic E-state index is -0.536. The van der Waals surface area contributed by atoms with E-state index in [9.17, 15) is 5.11 Å². The fourth-order valence-electron chi connectivity index (χ4n) is 1.27. The van der Waals surface area contributed by atoms with E-state index < -0.39 is 6.10 Å². The number of ether oxygens (including phenoxy) is 1. The molecular formula is C11H19BrO2. The third kappa shape index (κ3) is 4.40. The van der Waals surface area contributed by atoms with Crippen molar-refractivity contribution in [3.63, 3.8) is 0 Å². The highest BCUT2D eigenvalue weighted by atomic mass is 79.9. The Morgan fingerprint density at radius 3 is 2.57 bits per heavy atom. The normalized spacial score (nSPS) is 18.8. The molecule has 0 amide bonds. The Kier molecular flexibility index (Phi) is 7.15. The van der Waals surface area contributed by atoms with E-state index in [-0.39, 0.29) is 12.0 Å². The maximum Gasteiger partial charge on any atom is 0.101 e. The number of halogens is 1. The molecule has 0 fully saturated rings. The van der Waals surface area contributed by atoms with Gasteiger partial charge in [0.1, 0.15) is 6.10 Å². The summed E-state index contributed by atoms with van der Waals surface area (Å²) in [5, 5.41) is 10.7. The van der Waals surface area contributed by atoms with Crippen LogP contribution in [0.1, 0.15) is 13.8 Å². The number of methoxy groups -OCH3 is 1. The van der Waals surface area contributed by atoms with Crippen molar-refractivity contribution >= 4 is 15.9 Å². The molecule has 0 aliphatic carbocycles. The average molecular weight is 263 g/mol. The Labute approximate surface area is 94.8 Å². The Hall–Kier alpha value is -0.120. The molecule has 0 spiro atoms. The SMILES string of the molecule is C=C[C@H](OC)[C@@H](O)[C@H](C)C=C(C)CBr. The van der Waals surface area contributed by atoms with Gasteiger partial charge in [-0.05, 0) is 6.92 Å². The van der Waals surface area contributed by atoms with Gasteiger partial charge >= 0.3 is 0 Å². The quantitative estimate of drug-likeness (QED) is 0.589. The molecule has 2 nitrogen and oxygen atoms in total. The van der Waals surface area contributed by atoms with Crippen molar-refractivity contribution in [1.29, 1.82) is 0 Å². The van der Waals surface area contributed by atoms with Crippen LogP contribution < -0.4 is 0 Å². The predicted octanol–water partition coefficient (Wildman–Crippen LogP) is 2.53. The van der Waals surface area contributed by atoms with Crippen LogP contribution in [-0.4, -0.2) is 29.8 Å². The molecule has 3 atom stereocenters. The van der Waals surface area contributed by atoms with Gasteiger partial charge < -0.3 is 9.84 Å². The van der Waals surface area contributed by atoms with Crippen LogP contribution >= 0.6 is 15.9 Å². The van der Waals surface area contributed by atoms with Crippen molar-refractivity contribution in [2.24, 2.45) is 5.92 Å². The molecule has 0 rings (SSSR count). The number of aliphatic hydroxyl groups is 1. The van der Waals surface area contributed by atoms with E-state index in [1.54, 1.807) is 13.2 Å². The fraction of sp³-hybridized carbons (Fsp3) is 0.636. The van der Waals surface area contributed by atoms with Crippen LogP contribution in [0.25, 0.3) is 0 Å². The van der Waals surface area contributed by atoms with Crippen LogP contribution in [0.2, 0.25) is 0 Å². The second-order valence-corrected chi connectivity index (χ2v) is 3.99. The van der Waals surface area contributed by atoms with E-state index in [1.165, 1.54) is 5.57 Å². The topological polar surface area (TPSA) is 29.5 Å². The molecule has 0 heterocycles. The van der Waals surface area contributed by atoms with Gasteiger partial charge in [0.2, 0.25) is 0 Å². The van der Waals surface area contributed by atoms with Crippen LogP contribution in [0.3, 0.4) is 0 Å². The molecule has 82 valence electrons. The molecule has 0 saturated carbocycles. The summed E-state index contributed by atoms with van der Waals surface area (Å²) in [5.74, 6) is 0.0653. The molecule has 0 aromatic rings. The first kappa shape index (κ1) is 13.9. The lowest BCUT2D eigenvalue weighted by molar-refractivity contribution is -0.00151. The molecule has 0 bridgehead atoms. The molecule has 14 heavy (non-hydrogen) atoms. The number of alkyl halides is 1. The number of rotatable bonds is 6. The number of aliphatic hydroxyl groups excluding tert-OH is 1. The van der Waals surface area contributed by atoms with Crippen molar-refractivity contribution in [1.82, 2.24) is 0 Å². The fourth-order valence-corrected chi connectivity index (χ4v) is 1.45. The monoisotopic (exact) mass is 262 g/mol. The Bertz CT molecular complexity index is 201. The lowest BCUT2D eigenvalue weighted by Gasteiger charge is -2.22. The summed E-state index contributed by atoms with van der Waals surface area (Å²) in [6.07, 6.45) is 2.82. The van der Waals surface area contributed by atoms with Gasteiger partial charge in [0.05, 0.1) is 6.10 Å². The Morgan fingerprint density at radius 2 is 2.21 bits per heavy atom. The molecular weight excluding hydrogens is 244 g/mol. The minimum absolute atomic E-state index is 0.0653. The smallest absolute Gasteiger partial charge is 0.101 e. The molecule has 0 aliphatic rings. The zero-order valence-corrected chi connectivity index (χ0v) is 10.6. The predicted molar refractivity (Wildman–Crippen MR) is 63.7 cm³/mol. The van der Waals surface area contributed by atoms with Crippen LogP contribution in [0, 0.1) is 5.92 Å². The molecule has 0 unspecified atom stereocenters. The first-order valence-electron chi connectivity index (χ1n) is 4.63. The van der Waals surface area contributed by atoms with Crippen molar-refractivity contribution in [2.45, 2.75) is 26.1 Å². The van der Waals surface area contributed by atoms with Gasteiger partial charge in [-0.3, -0.25) is 0 Å². The Morgan fingerprint density at radius 1 is 1.64 bits per heavy atom. The lowest BCUT2D eigenvalue weighted by Crippen LogP contribution is -2.31. The summed E-state index contributed by atoms with van der Waals surface area (Å²) in [6.45, 7) is 7.61. The van der Waals surface area contributed by atoms with Gasteiger partial charge in [-0.1, -0.05) is 40.6 Å². The number of hydrogen-bond donors (Lipinski definition) is 1. The first-order valence-corrected chi connectivity index (χ1v) is 5.75. The maximum absolute atomic E-state index is 9.87. The van der Waals surface area contributed by atoms with Gasteiger partial charge in [-0.2, -0.15) is 0 Å². The van der Waals surface area contributed by atoms with Gasteiger partial charge in [-0.15, -0.1) is 6.58 Å². The lowest BCUT2D eigenvalue weighted by atomic mass is 9.97. The maximum atomic E-state index is 9.87. The highest BCUT2D eigenvalue weighted by molar-refractivity contribution is 9.09. The summed E-state index contributed by atoms with van der Waals surface area (Å²) < 4.78 is 5.09. The van der Waals surface area contributed by atoms with E-state index >= 15 is 0 Å². The van der Waals surface area contributed by atoms with Gasteiger partial charge in [0.25, 0.3) is 0 Å². The van der Waals surface area contributed by atoms with Crippen LogP contribution in [0.5, 0.6) is 0 Å². The molecule has 0 saturated heterocycles. The molecule has 0 aliphatic heterocycles. The van der Waals surface area contributed by atoms with Crippen LogP contribution in [-0.2, 0) is 4.74 Å². The van der Waals surface area contributed by atoms with Gasteiger partial charge in [-0.25, -0.2) is 0 Å². The van der Waals surface area contributed by atoms with Crippen LogP contribution in [0.4, 0.5) is 0 Å². The van der Waals surface area contributed by atoms with Crippen LogP contribution in [0.15, 0.2) is 24.3 Å². The minimum Gasteiger partial charge on any atom is -0.389 e. The summed E-state index contributed by atoms with van der Waals surface area (Å²) in [7, 11) is 1.57. The molecule has 0 aromatic heterocycles. The summed E-state index contributed by atoms with van der Waals surface area (Å²) in [6, 6.07) is 0. The highest BCUT2D eigenvalue weighted by Crippen LogP contribution is 2.14. The van der Waals surface area contributed by atoms with Crippen molar-refractivity contribution in [3.05, 3.63) is 24.3 Å². The third-order valence-corrected chi connectivity index (χ3v) is 3.02. The first-order chi connectivity index (χ1) is 6.56. The van der Waals surface area contributed by atoms with Crippen molar-refractivity contribution in [3.8, 4) is 0 Å². The molecule has 0 aromatic carbocycles. The second-order valence-electron chi connectivity index (χ2n) is 3.43. The average Bonchev–Trinajstić information content (AvgIpc) is 2.19. The zero-order chi connectivity index (χ0) is 11.1. The summed E-state index contributed by atoms with van der Waals surface area (Å²) >= 11 is 3.36. The van der Waals surface area contributed by atoms with E-state index in [0.717, 1.165) is 5.33 Å². The van der Waals surface area contributed by atoms with E-state index in [0.29, 0.717) is 0 Å². The van der Waals surface area contributed by atoms with E-state index in [1.807, 2.05) is 19.9 Å². The van der Waals surface area contributed by atoms with Crippen molar-refractivity contribution < 1.29 is 9.84 Å². The van der Waals surface area contributed by atoms with E-state index in [4.69, 9.17) is 4.74 Å². The van der Waals surface area contributed by atoms with E-state index in [2.05, 4.69) is 22.5 Å². The van der Waals surface area contributed by atoms with Gasteiger partial charge in [0, 0.05) is 18.4 Å². The van der Waals surface area contributed by atoms with Crippen molar-refractivity contribution in [2.75, 3.05) is 12.4 Å². The number of allylic oxidation sites excluding steroid dienone is 1. The number of hydrogen-bond acceptors (Lipinski definition) is 2. The second kappa shape index (κ2) is 7.21. The molecule has 0 radical (unpaired) electrons. The standard InChI is InChI=1S/C11H19BrO2/c1-5-10(14-4)11(13)9(3)6-8(2)7-12/h5-6,9-11,13H,1,7H2,2-4H3/t9-,10+,11+/m1/s1. The summed E-state index contributed by atoms with van der Waals surface area (Å²) in [5.41, 5.74) is 1.20. The molecule has 1 N–H and O–H groups in total. The third-order valence-electron chi connectivity index (χ3n) is 2.14.